The lowest BCUT2D eigenvalue weighted by atomic mass is 10.1. The van der Waals surface area contributed by atoms with Crippen molar-refractivity contribution in [2.75, 3.05) is 4.90 Å². The van der Waals surface area contributed by atoms with Crippen molar-refractivity contribution in [3.63, 3.8) is 0 Å². The molecule has 9 nitrogen and oxygen atoms in total. The lowest BCUT2D eigenvalue weighted by Crippen LogP contribution is -2.39. The van der Waals surface area contributed by atoms with Crippen molar-refractivity contribution in [2.24, 2.45) is 10.3 Å². The Morgan fingerprint density at radius 3 is 2.67 bits per heavy atom. The smallest absolute Gasteiger partial charge is 0.263 e. The van der Waals surface area contributed by atoms with E-state index in [1.165, 1.54) is 5.01 Å². The summed E-state index contributed by atoms with van der Waals surface area (Å²) in [6.07, 6.45) is 0. The van der Waals surface area contributed by atoms with Gasteiger partial charge in [-0.3, -0.25) is 14.6 Å². The van der Waals surface area contributed by atoms with Crippen LogP contribution in [0.2, 0.25) is 5.02 Å². The van der Waals surface area contributed by atoms with Crippen LogP contribution >= 0.6 is 11.6 Å². The number of rotatable bonds is 4. The zero-order valence-electron chi connectivity index (χ0n) is 15.8. The van der Waals surface area contributed by atoms with Gasteiger partial charge in [-0.05, 0) is 24.6 Å². The minimum atomic E-state index is -0.908. The molecule has 0 N–H and O–H groups in total. The highest BCUT2D eigenvalue weighted by molar-refractivity contribution is 6.32. The third kappa shape index (κ3) is 2.94. The first-order valence-corrected chi connectivity index (χ1v) is 9.60. The van der Waals surface area contributed by atoms with E-state index in [9.17, 15) is 9.59 Å². The Balaban J connectivity index is 1.38. The highest BCUT2D eigenvalue weighted by Crippen LogP contribution is 2.34. The first-order valence-electron chi connectivity index (χ1n) is 9.22. The maximum absolute atomic E-state index is 13.1. The second-order valence-corrected chi connectivity index (χ2v) is 7.42. The van der Waals surface area contributed by atoms with E-state index in [0.29, 0.717) is 16.5 Å². The van der Waals surface area contributed by atoms with Gasteiger partial charge in [0.25, 0.3) is 11.8 Å². The fraction of sp³-hybridized carbons (Fsp3) is 0.200. The molecule has 2 aromatic carbocycles. The first-order chi connectivity index (χ1) is 14.5. The van der Waals surface area contributed by atoms with E-state index in [4.69, 9.17) is 16.1 Å². The molecular weight excluding hydrogens is 408 g/mol. The molecule has 0 bridgehead atoms. The number of amides is 2. The summed E-state index contributed by atoms with van der Waals surface area (Å²) in [6.45, 7) is 1.91. The second kappa shape index (κ2) is 7.03. The van der Waals surface area contributed by atoms with Crippen molar-refractivity contribution < 1.29 is 14.1 Å². The van der Waals surface area contributed by atoms with Gasteiger partial charge in [-0.15, -0.1) is 0 Å². The molecule has 30 heavy (non-hydrogen) atoms. The second-order valence-electron chi connectivity index (χ2n) is 7.02. The lowest BCUT2D eigenvalue weighted by molar-refractivity contribution is -0.123. The molecule has 3 aromatic rings. The number of hydrogen-bond acceptors (Lipinski definition) is 8. The van der Waals surface area contributed by atoms with E-state index in [1.807, 2.05) is 37.3 Å². The fourth-order valence-corrected chi connectivity index (χ4v) is 3.67. The van der Waals surface area contributed by atoms with Crippen LogP contribution in [0.1, 0.15) is 11.5 Å². The van der Waals surface area contributed by atoms with Gasteiger partial charge >= 0.3 is 0 Å². The van der Waals surface area contributed by atoms with Crippen LogP contribution in [0.4, 0.5) is 5.69 Å². The zero-order chi connectivity index (χ0) is 20.8. The molecule has 2 aliphatic heterocycles. The molecule has 0 spiro atoms. The number of carbonyl (C=O) groups is 2. The Kier molecular flexibility index (Phi) is 4.32. The Morgan fingerprint density at radius 2 is 1.90 bits per heavy atom. The number of imide groups is 1. The Hall–Kier alpha value is -3.59. The van der Waals surface area contributed by atoms with Crippen molar-refractivity contribution in [2.45, 2.75) is 25.6 Å². The number of aromatic nitrogens is 2. The third-order valence-corrected chi connectivity index (χ3v) is 5.48. The van der Waals surface area contributed by atoms with Gasteiger partial charge in [0, 0.05) is 10.6 Å². The standard InChI is InChI=1S/C20H15ClN6O3/c1-11-7-8-13(9-14(11)21)27-19(28)16-17(20(27)29)26(25-23-16)10-15-22-18(24-30-15)12-5-3-2-4-6-12/h2-9,16-17H,10H2,1H3/t16-,17+/m0/s1. The van der Waals surface area contributed by atoms with Crippen molar-refractivity contribution >= 4 is 29.1 Å². The molecule has 2 amide bonds. The summed E-state index contributed by atoms with van der Waals surface area (Å²) in [4.78, 5) is 31.3. The molecule has 5 rings (SSSR count). The summed E-state index contributed by atoms with van der Waals surface area (Å²) >= 11 is 6.17. The van der Waals surface area contributed by atoms with Gasteiger partial charge in [0.1, 0.15) is 6.54 Å². The van der Waals surface area contributed by atoms with Crippen molar-refractivity contribution in [3.8, 4) is 11.4 Å². The van der Waals surface area contributed by atoms with Crippen LogP contribution in [-0.2, 0) is 16.1 Å². The summed E-state index contributed by atoms with van der Waals surface area (Å²) in [7, 11) is 0. The van der Waals surface area contributed by atoms with Gasteiger partial charge in [0.15, 0.2) is 12.1 Å². The molecule has 2 aliphatic rings. The molecule has 150 valence electrons. The molecule has 10 heteroatoms. The molecule has 3 heterocycles. The van der Waals surface area contributed by atoms with E-state index in [2.05, 4.69) is 20.5 Å². The van der Waals surface area contributed by atoms with E-state index < -0.39 is 23.9 Å². The number of carbonyl (C=O) groups excluding carboxylic acids is 2. The summed E-state index contributed by atoms with van der Waals surface area (Å²) < 4.78 is 5.30. The van der Waals surface area contributed by atoms with Gasteiger partial charge in [0.2, 0.25) is 11.7 Å². The summed E-state index contributed by atoms with van der Waals surface area (Å²) in [5.41, 5.74) is 2.07. The Bertz CT molecular complexity index is 1180. The third-order valence-electron chi connectivity index (χ3n) is 5.07. The van der Waals surface area contributed by atoms with Gasteiger partial charge in [-0.25, -0.2) is 4.90 Å². The number of anilines is 1. The van der Waals surface area contributed by atoms with Crippen molar-refractivity contribution in [1.29, 1.82) is 0 Å². The number of benzene rings is 2. The van der Waals surface area contributed by atoms with E-state index in [0.717, 1.165) is 16.0 Å². The zero-order valence-corrected chi connectivity index (χ0v) is 16.5. The number of fused-ring (bicyclic) bond motifs is 1. The molecular formula is C20H15ClN6O3. The normalized spacial score (nSPS) is 20.3. The highest BCUT2D eigenvalue weighted by atomic mass is 35.5. The van der Waals surface area contributed by atoms with Gasteiger partial charge in [-0.1, -0.05) is 58.4 Å². The van der Waals surface area contributed by atoms with E-state index >= 15 is 0 Å². The van der Waals surface area contributed by atoms with Crippen LogP contribution in [0, 0.1) is 6.92 Å². The monoisotopic (exact) mass is 422 g/mol. The van der Waals surface area contributed by atoms with Crippen LogP contribution < -0.4 is 4.90 Å². The van der Waals surface area contributed by atoms with Gasteiger partial charge < -0.3 is 4.52 Å². The molecule has 2 atom stereocenters. The van der Waals surface area contributed by atoms with E-state index in [1.54, 1.807) is 18.2 Å². The average Bonchev–Trinajstić information content (AvgIpc) is 3.44. The van der Waals surface area contributed by atoms with Crippen LogP contribution in [0.15, 0.2) is 63.4 Å². The molecule has 1 aromatic heterocycles. The maximum Gasteiger partial charge on any atom is 0.263 e. The SMILES string of the molecule is Cc1ccc(N2C(=O)[C@H]3N=NN(Cc4nc(-c5ccccc5)no4)[C@H]3C2=O)cc1Cl. The number of halogens is 1. The number of nitrogens with zero attached hydrogens (tertiary/aromatic N) is 6. The van der Waals surface area contributed by atoms with Crippen molar-refractivity contribution in [3.05, 3.63) is 65.0 Å². The Labute approximate surface area is 175 Å². The average molecular weight is 423 g/mol. The molecule has 1 fully saturated rings. The van der Waals surface area contributed by atoms with Gasteiger partial charge in [-0.2, -0.15) is 10.1 Å². The quantitative estimate of drug-likeness (QED) is 0.598. The van der Waals surface area contributed by atoms with Crippen LogP contribution in [0.25, 0.3) is 11.4 Å². The van der Waals surface area contributed by atoms with Gasteiger partial charge in [0.05, 0.1) is 5.69 Å². The number of aryl methyl sites for hydroxylation is 1. The predicted molar refractivity (Wildman–Crippen MR) is 106 cm³/mol. The predicted octanol–water partition coefficient (Wildman–Crippen LogP) is 3.19. The molecule has 0 unspecified atom stereocenters. The van der Waals surface area contributed by atoms with Crippen LogP contribution in [-0.4, -0.2) is 39.0 Å². The van der Waals surface area contributed by atoms with Crippen LogP contribution in [0.5, 0.6) is 0 Å². The minimum absolute atomic E-state index is 0.0615. The fourth-order valence-electron chi connectivity index (χ4n) is 3.49. The topological polar surface area (TPSA) is 104 Å². The largest absolute Gasteiger partial charge is 0.337 e. The molecule has 0 aliphatic carbocycles. The summed E-state index contributed by atoms with van der Waals surface area (Å²) in [5, 5.41) is 13.8. The van der Waals surface area contributed by atoms with E-state index in [-0.39, 0.29) is 12.4 Å². The molecule has 0 saturated carbocycles. The lowest BCUT2D eigenvalue weighted by Gasteiger charge is -2.19. The Morgan fingerprint density at radius 1 is 1.10 bits per heavy atom. The molecule has 0 radical (unpaired) electrons. The first kappa shape index (κ1) is 18.4. The summed E-state index contributed by atoms with van der Waals surface area (Å²) in [5.74, 6) is -0.155. The summed E-state index contributed by atoms with van der Waals surface area (Å²) in [6, 6.07) is 12.6. The number of hydrogen-bond donors (Lipinski definition) is 0. The molecule has 1 saturated heterocycles. The van der Waals surface area contributed by atoms with Crippen LogP contribution in [0.3, 0.4) is 0 Å². The van der Waals surface area contributed by atoms with Crippen molar-refractivity contribution in [1.82, 2.24) is 15.1 Å². The maximum atomic E-state index is 13.1. The minimum Gasteiger partial charge on any atom is -0.337 e. The highest BCUT2D eigenvalue weighted by Gasteiger charge is 2.55.